The molecule has 0 aliphatic rings. The van der Waals surface area contributed by atoms with Crippen LogP contribution in [0.15, 0.2) is 67.3 Å². The normalized spacial score (nSPS) is 10.0. The van der Waals surface area contributed by atoms with Gasteiger partial charge in [0.15, 0.2) is 11.6 Å². The number of ether oxygens (including phenoxy) is 2. The van der Waals surface area contributed by atoms with Crippen LogP contribution in [0, 0.1) is 0 Å². The molecule has 0 aliphatic carbocycles. The Kier molecular flexibility index (Phi) is 7.31. The van der Waals surface area contributed by atoms with E-state index in [4.69, 9.17) is 9.47 Å². The highest BCUT2D eigenvalue weighted by Crippen LogP contribution is 2.16. The van der Waals surface area contributed by atoms with Crippen molar-refractivity contribution in [1.29, 1.82) is 0 Å². The molecule has 0 atom stereocenters. The molecule has 2 aromatic carbocycles. The standard InChI is InChI=1S/C21H20O5/c1-2-18(22)10-6-7-15-25-21(24)26-19-13-11-17(12-14-19)20(23)16-8-4-3-5-9-16/h2-5,8-9,11-14H,1,6-7,10,15H2. The van der Waals surface area contributed by atoms with Gasteiger partial charge < -0.3 is 9.47 Å². The lowest BCUT2D eigenvalue weighted by atomic mass is 10.0. The number of unbranched alkanes of at least 4 members (excludes halogenated alkanes) is 1. The zero-order valence-electron chi connectivity index (χ0n) is 14.4. The number of benzene rings is 2. The third kappa shape index (κ3) is 6.02. The molecule has 134 valence electrons. The topological polar surface area (TPSA) is 69.7 Å². The van der Waals surface area contributed by atoms with Crippen molar-refractivity contribution in [1.82, 2.24) is 0 Å². The van der Waals surface area contributed by atoms with E-state index in [1.165, 1.54) is 6.08 Å². The number of ketones is 2. The van der Waals surface area contributed by atoms with Crippen molar-refractivity contribution < 1.29 is 23.9 Å². The maximum atomic E-state index is 12.3. The van der Waals surface area contributed by atoms with Gasteiger partial charge in [0.25, 0.3) is 0 Å². The Bertz CT molecular complexity index is 763. The molecule has 0 radical (unpaired) electrons. The van der Waals surface area contributed by atoms with Crippen LogP contribution in [0.1, 0.15) is 35.2 Å². The van der Waals surface area contributed by atoms with Crippen LogP contribution in [0.2, 0.25) is 0 Å². The van der Waals surface area contributed by atoms with E-state index in [1.54, 1.807) is 48.5 Å². The van der Waals surface area contributed by atoms with E-state index < -0.39 is 6.16 Å². The number of rotatable bonds is 9. The predicted octanol–water partition coefficient (Wildman–Crippen LogP) is 4.36. The van der Waals surface area contributed by atoms with Gasteiger partial charge in [0.2, 0.25) is 0 Å². The SMILES string of the molecule is C=CC(=O)CCCCOC(=O)Oc1ccc(C(=O)c2ccccc2)cc1. The van der Waals surface area contributed by atoms with Gasteiger partial charge in [-0.15, -0.1) is 0 Å². The molecule has 0 fully saturated rings. The van der Waals surface area contributed by atoms with Crippen LogP contribution >= 0.6 is 0 Å². The summed E-state index contributed by atoms with van der Waals surface area (Å²) < 4.78 is 9.99. The summed E-state index contributed by atoms with van der Waals surface area (Å²) in [5.41, 5.74) is 1.10. The Morgan fingerprint density at radius 1 is 0.885 bits per heavy atom. The third-order valence-electron chi connectivity index (χ3n) is 3.62. The van der Waals surface area contributed by atoms with Crippen LogP contribution in [0.3, 0.4) is 0 Å². The molecule has 0 N–H and O–H groups in total. The molecule has 0 bridgehead atoms. The van der Waals surface area contributed by atoms with Gasteiger partial charge in [-0.2, -0.15) is 0 Å². The van der Waals surface area contributed by atoms with Crippen molar-refractivity contribution in [2.24, 2.45) is 0 Å². The molecule has 0 heterocycles. The Hall–Kier alpha value is -3.21. The largest absolute Gasteiger partial charge is 0.513 e. The lowest BCUT2D eigenvalue weighted by molar-refractivity contribution is -0.114. The summed E-state index contributed by atoms with van der Waals surface area (Å²) in [5.74, 6) is 0.160. The highest BCUT2D eigenvalue weighted by atomic mass is 16.7. The molecule has 5 nitrogen and oxygen atoms in total. The monoisotopic (exact) mass is 352 g/mol. The molecule has 5 heteroatoms. The molecule has 2 aromatic rings. The average molecular weight is 352 g/mol. The summed E-state index contributed by atoms with van der Waals surface area (Å²) in [4.78, 5) is 34.9. The minimum atomic E-state index is -0.817. The fourth-order valence-electron chi connectivity index (χ4n) is 2.22. The van der Waals surface area contributed by atoms with Crippen LogP contribution in [0.25, 0.3) is 0 Å². The molecule has 0 aliphatic heterocycles. The zero-order valence-corrected chi connectivity index (χ0v) is 14.4. The first-order chi connectivity index (χ1) is 12.6. The molecular weight excluding hydrogens is 332 g/mol. The first kappa shape index (κ1) is 19.1. The first-order valence-electron chi connectivity index (χ1n) is 8.30. The Morgan fingerprint density at radius 3 is 2.19 bits per heavy atom. The lowest BCUT2D eigenvalue weighted by Gasteiger charge is -2.06. The fraction of sp³-hybridized carbons (Fsp3) is 0.190. The van der Waals surface area contributed by atoms with E-state index in [1.807, 2.05) is 6.07 Å². The zero-order chi connectivity index (χ0) is 18.8. The van der Waals surface area contributed by atoms with Crippen molar-refractivity contribution in [3.63, 3.8) is 0 Å². The summed E-state index contributed by atoms with van der Waals surface area (Å²) in [7, 11) is 0. The van der Waals surface area contributed by atoms with Gasteiger partial charge in [-0.1, -0.05) is 36.9 Å². The average Bonchev–Trinajstić information content (AvgIpc) is 2.68. The number of allylic oxidation sites excluding steroid dienone is 1. The highest BCUT2D eigenvalue weighted by Gasteiger charge is 2.10. The molecule has 2 rings (SSSR count). The summed E-state index contributed by atoms with van der Waals surface area (Å²) in [6.07, 6.45) is 2.04. The van der Waals surface area contributed by atoms with Gasteiger partial charge in [-0.3, -0.25) is 9.59 Å². The van der Waals surface area contributed by atoms with Crippen molar-refractivity contribution in [2.45, 2.75) is 19.3 Å². The van der Waals surface area contributed by atoms with Crippen molar-refractivity contribution in [3.8, 4) is 5.75 Å². The molecule has 0 saturated heterocycles. The van der Waals surface area contributed by atoms with E-state index >= 15 is 0 Å². The first-order valence-corrected chi connectivity index (χ1v) is 8.30. The second-order valence-corrected chi connectivity index (χ2v) is 5.55. The van der Waals surface area contributed by atoms with Crippen molar-refractivity contribution >= 4 is 17.7 Å². The Labute approximate surface area is 152 Å². The minimum absolute atomic E-state index is 0.0299. The number of hydrogen-bond donors (Lipinski definition) is 0. The van der Waals surface area contributed by atoms with E-state index in [-0.39, 0.29) is 18.2 Å². The van der Waals surface area contributed by atoms with Gasteiger partial charge in [0.05, 0.1) is 6.61 Å². The third-order valence-corrected chi connectivity index (χ3v) is 3.62. The summed E-state index contributed by atoms with van der Waals surface area (Å²) >= 11 is 0. The number of hydrogen-bond acceptors (Lipinski definition) is 5. The van der Waals surface area contributed by atoms with E-state index in [0.29, 0.717) is 36.1 Å². The smallest absolute Gasteiger partial charge is 0.434 e. The van der Waals surface area contributed by atoms with Gasteiger partial charge in [-0.25, -0.2) is 4.79 Å². The highest BCUT2D eigenvalue weighted by molar-refractivity contribution is 6.09. The summed E-state index contributed by atoms with van der Waals surface area (Å²) in [5, 5.41) is 0. The van der Waals surface area contributed by atoms with Crippen LogP contribution in [0.5, 0.6) is 5.75 Å². The van der Waals surface area contributed by atoms with E-state index in [2.05, 4.69) is 6.58 Å². The molecule has 0 amide bonds. The fourth-order valence-corrected chi connectivity index (χ4v) is 2.22. The molecule has 0 saturated carbocycles. The summed E-state index contributed by atoms with van der Waals surface area (Å²) in [6, 6.07) is 15.2. The predicted molar refractivity (Wildman–Crippen MR) is 97.3 cm³/mol. The molecule has 0 spiro atoms. The van der Waals surface area contributed by atoms with Crippen molar-refractivity contribution in [2.75, 3.05) is 6.61 Å². The molecule has 0 aromatic heterocycles. The molecule has 0 unspecified atom stereocenters. The van der Waals surface area contributed by atoms with E-state index in [9.17, 15) is 14.4 Å². The molecule has 26 heavy (non-hydrogen) atoms. The maximum absolute atomic E-state index is 12.3. The van der Waals surface area contributed by atoms with Gasteiger partial charge >= 0.3 is 6.16 Å². The summed E-state index contributed by atoms with van der Waals surface area (Å²) in [6.45, 7) is 3.57. The van der Waals surface area contributed by atoms with E-state index in [0.717, 1.165) is 0 Å². The lowest BCUT2D eigenvalue weighted by Crippen LogP contribution is -2.11. The van der Waals surface area contributed by atoms with Crippen LogP contribution in [-0.4, -0.2) is 24.3 Å². The number of carbonyl (C=O) groups excluding carboxylic acids is 3. The van der Waals surface area contributed by atoms with Crippen LogP contribution in [-0.2, 0) is 9.53 Å². The minimum Gasteiger partial charge on any atom is -0.434 e. The van der Waals surface area contributed by atoms with Gasteiger partial charge in [-0.05, 0) is 43.2 Å². The van der Waals surface area contributed by atoms with Crippen LogP contribution in [0.4, 0.5) is 4.79 Å². The maximum Gasteiger partial charge on any atom is 0.513 e. The second kappa shape index (κ2) is 9.93. The molecular formula is C21H20O5. The Balaban J connectivity index is 1.78. The van der Waals surface area contributed by atoms with Gasteiger partial charge in [0.1, 0.15) is 5.75 Å². The number of carbonyl (C=O) groups is 3. The second-order valence-electron chi connectivity index (χ2n) is 5.55. The van der Waals surface area contributed by atoms with Gasteiger partial charge in [0, 0.05) is 17.5 Å². The van der Waals surface area contributed by atoms with Crippen LogP contribution < -0.4 is 4.74 Å². The van der Waals surface area contributed by atoms with Crippen molar-refractivity contribution in [3.05, 3.63) is 78.4 Å². The Morgan fingerprint density at radius 2 is 1.54 bits per heavy atom. The quantitative estimate of drug-likeness (QED) is 0.220.